The zero-order chi connectivity index (χ0) is 12.8. The summed E-state index contributed by atoms with van der Waals surface area (Å²) in [5, 5.41) is 2.51. The minimum absolute atomic E-state index is 0.195. The van der Waals surface area contributed by atoms with Crippen LogP contribution in [0.25, 0.3) is 0 Å². The van der Waals surface area contributed by atoms with Gasteiger partial charge in [-0.05, 0) is 12.5 Å². The Morgan fingerprint density at radius 3 is 2.41 bits per heavy atom. The van der Waals surface area contributed by atoms with Crippen molar-refractivity contribution in [3.63, 3.8) is 0 Å². The number of aryl methyl sites for hydroxylation is 1. The van der Waals surface area contributed by atoms with Crippen LogP contribution < -0.4 is 5.32 Å². The lowest BCUT2D eigenvalue weighted by Gasteiger charge is -2.16. The number of halogens is 1. The van der Waals surface area contributed by atoms with Crippen LogP contribution in [0.3, 0.4) is 0 Å². The summed E-state index contributed by atoms with van der Waals surface area (Å²) in [6, 6.07) is 6.44. The fourth-order valence-electron chi connectivity index (χ4n) is 1.35. The zero-order valence-electron chi connectivity index (χ0n) is 9.70. The molecule has 0 saturated heterocycles. The van der Waals surface area contributed by atoms with E-state index < -0.39 is 17.9 Å². The monoisotopic (exact) mass is 255 g/mol. The second kappa shape index (κ2) is 6.25. The summed E-state index contributed by atoms with van der Waals surface area (Å²) < 4.78 is 4.65. The van der Waals surface area contributed by atoms with Crippen LogP contribution in [0.2, 0.25) is 0 Å². The summed E-state index contributed by atoms with van der Waals surface area (Å²) >= 11 is 5.39. The second-order valence-corrected chi connectivity index (χ2v) is 3.84. The van der Waals surface area contributed by atoms with Gasteiger partial charge in [-0.15, -0.1) is 11.6 Å². The molecule has 0 aliphatic rings. The lowest BCUT2D eigenvalue weighted by atomic mass is 10.1. The largest absolute Gasteiger partial charge is 0.467 e. The first-order valence-electron chi connectivity index (χ1n) is 5.08. The number of alkyl halides is 1. The molecule has 0 fully saturated rings. The van der Waals surface area contributed by atoms with E-state index in [4.69, 9.17) is 11.6 Å². The van der Waals surface area contributed by atoms with E-state index in [1.54, 1.807) is 12.1 Å². The number of methoxy groups -OCH3 is 1. The first-order chi connectivity index (χ1) is 8.08. The van der Waals surface area contributed by atoms with E-state index >= 15 is 0 Å². The molecule has 0 aliphatic carbocycles. The Labute approximate surface area is 105 Å². The van der Waals surface area contributed by atoms with E-state index in [9.17, 15) is 9.59 Å². The predicted octanol–water partition coefficient (Wildman–Crippen LogP) is 1.56. The van der Waals surface area contributed by atoms with Gasteiger partial charge in [-0.1, -0.05) is 29.8 Å². The Morgan fingerprint density at radius 2 is 1.94 bits per heavy atom. The van der Waals surface area contributed by atoms with Crippen LogP contribution in [0.4, 0.5) is 0 Å². The van der Waals surface area contributed by atoms with E-state index in [-0.39, 0.29) is 5.88 Å². The number of carbonyl (C=O) groups is 2. The highest BCUT2D eigenvalue weighted by atomic mass is 35.5. The van der Waals surface area contributed by atoms with Crippen molar-refractivity contribution >= 4 is 23.5 Å². The molecule has 1 aromatic carbocycles. The molecule has 0 aliphatic heterocycles. The van der Waals surface area contributed by atoms with E-state index in [0.717, 1.165) is 5.56 Å². The average Bonchev–Trinajstić information content (AvgIpc) is 2.36. The number of hydrogen-bond donors (Lipinski definition) is 1. The number of carbonyl (C=O) groups excluding carboxylic acids is 2. The van der Waals surface area contributed by atoms with Gasteiger partial charge in [0, 0.05) is 0 Å². The summed E-state index contributed by atoms with van der Waals surface area (Å²) in [6.07, 6.45) is 0. The molecule has 17 heavy (non-hydrogen) atoms. The van der Waals surface area contributed by atoms with E-state index in [1.807, 2.05) is 19.1 Å². The lowest BCUT2D eigenvalue weighted by molar-refractivity contribution is -0.145. The van der Waals surface area contributed by atoms with Gasteiger partial charge in [-0.3, -0.25) is 4.79 Å². The summed E-state index contributed by atoms with van der Waals surface area (Å²) in [5.41, 5.74) is 1.74. The maximum absolute atomic E-state index is 11.6. The fourth-order valence-corrected chi connectivity index (χ4v) is 1.43. The molecule has 0 bridgehead atoms. The molecule has 1 atom stereocenters. The second-order valence-electron chi connectivity index (χ2n) is 3.57. The average molecular weight is 256 g/mol. The van der Waals surface area contributed by atoms with Gasteiger partial charge in [0.15, 0.2) is 6.04 Å². The molecular weight excluding hydrogens is 242 g/mol. The first-order valence-corrected chi connectivity index (χ1v) is 5.61. The number of hydrogen-bond acceptors (Lipinski definition) is 3. The van der Waals surface area contributed by atoms with Gasteiger partial charge in [0.05, 0.1) is 7.11 Å². The van der Waals surface area contributed by atoms with Gasteiger partial charge < -0.3 is 10.1 Å². The van der Waals surface area contributed by atoms with Crippen molar-refractivity contribution in [2.45, 2.75) is 13.0 Å². The Bertz CT molecular complexity index is 403. The summed E-state index contributed by atoms with van der Waals surface area (Å²) in [4.78, 5) is 22.8. The van der Waals surface area contributed by atoms with Crippen molar-refractivity contribution in [2.75, 3.05) is 13.0 Å². The van der Waals surface area contributed by atoms with Gasteiger partial charge in [0.2, 0.25) is 5.91 Å². The summed E-state index contributed by atoms with van der Waals surface area (Å²) in [6.45, 7) is 1.94. The van der Waals surface area contributed by atoms with E-state index in [0.29, 0.717) is 5.56 Å². The molecule has 0 spiro atoms. The van der Waals surface area contributed by atoms with E-state index in [2.05, 4.69) is 10.1 Å². The quantitative estimate of drug-likeness (QED) is 0.656. The molecule has 0 heterocycles. The highest BCUT2D eigenvalue weighted by molar-refractivity contribution is 6.27. The molecular formula is C12H14ClNO3. The van der Waals surface area contributed by atoms with Crippen LogP contribution in [-0.2, 0) is 14.3 Å². The Morgan fingerprint density at radius 1 is 1.35 bits per heavy atom. The van der Waals surface area contributed by atoms with Crippen molar-refractivity contribution in [1.82, 2.24) is 5.32 Å². The van der Waals surface area contributed by atoms with Crippen LogP contribution in [-0.4, -0.2) is 24.9 Å². The van der Waals surface area contributed by atoms with Gasteiger partial charge in [-0.2, -0.15) is 0 Å². The maximum atomic E-state index is 11.6. The van der Waals surface area contributed by atoms with Gasteiger partial charge in [0.25, 0.3) is 0 Å². The Hall–Kier alpha value is -1.55. The SMILES string of the molecule is COC(=O)C(NC(=O)CCl)c1ccc(C)cc1. The molecule has 1 amide bonds. The molecule has 92 valence electrons. The lowest BCUT2D eigenvalue weighted by Crippen LogP contribution is -2.35. The molecule has 1 rings (SSSR count). The smallest absolute Gasteiger partial charge is 0.333 e. The minimum atomic E-state index is -0.813. The molecule has 0 radical (unpaired) electrons. The van der Waals surface area contributed by atoms with Crippen molar-refractivity contribution in [2.24, 2.45) is 0 Å². The summed E-state index contributed by atoms with van der Waals surface area (Å²) in [5.74, 6) is -1.13. The number of rotatable bonds is 4. The zero-order valence-corrected chi connectivity index (χ0v) is 10.5. The standard InChI is InChI=1S/C12H14ClNO3/c1-8-3-5-9(6-4-8)11(12(16)17-2)14-10(15)7-13/h3-6,11H,7H2,1-2H3,(H,14,15). The van der Waals surface area contributed by atoms with Crippen LogP contribution >= 0.6 is 11.6 Å². The molecule has 1 N–H and O–H groups in total. The number of benzene rings is 1. The van der Waals surface area contributed by atoms with Crippen molar-refractivity contribution in [1.29, 1.82) is 0 Å². The number of nitrogens with one attached hydrogen (secondary N) is 1. The molecule has 0 saturated carbocycles. The highest BCUT2D eigenvalue weighted by Gasteiger charge is 2.22. The van der Waals surface area contributed by atoms with Crippen molar-refractivity contribution in [3.05, 3.63) is 35.4 Å². The molecule has 0 aromatic heterocycles. The van der Waals surface area contributed by atoms with Gasteiger partial charge in [-0.25, -0.2) is 4.79 Å². The molecule has 1 unspecified atom stereocenters. The highest BCUT2D eigenvalue weighted by Crippen LogP contribution is 2.15. The Kier molecular flexibility index (Phi) is 4.97. The number of esters is 1. The molecule has 1 aromatic rings. The van der Waals surface area contributed by atoms with Crippen molar-refractivity contribution < 1.29 is 14.3 Å². The summed E-state index contributed by atoms with van der Waals surface area (Å²) in [7, 11) is 1.27. The third-order valence-corrected chi connectivity index (χ3v) is 2.52. The van der Waals surface area contributed by atoms with Crippen molar-refractivity contribution in [3.8, 4) is 0 Å². The van der Waals surface area contributed by atoms with Crippen LogP contribution in [0.1, 0.15) is 17.2 Å². The van der Waals surface area contributed by atoms with Crippen LogP contribution in [0.5, 0.6) is 0 Å². The number of amides is 1. The normalized spacial score (nSPS) is 11.7. The van der Waals surface area contributed by atoms with Crippen LogP contribution in [0, 0.1) is 6.92 Å². The third-order valence-electron chi connectivity index (χ3n) is 2.27. The fraction of sp³-hybridized carbons (Fsp3) is 0.333. The molecule has 5 heteroatoms. The first kappa shape index (κ1) is 13.5. The van der Waals surface area contributed by atoms with E-state index in [1.165, 1.54) is 7.11 Å². The predicted molar refractivity (Wildman–Crippen MR) is 64.8 cm³/mol. The van der Waals surface area contributed by atoms with Crippen LogP contribution in [0.15, 0.2) is 24.3 Å². The van der Waals surface area contributed by atoms with Gasteiger partial charge in [0.1, 0.15) is 5.88 Å². The Balaban J connectivity index is 2.93. The maximum Gasteiger partial charge on any atom is 0.333 e. The molecule has 4 nitrogen and oxygen atoms in total. The van der Waals surface area contributed by atoms with Gasteiger partial charge >= 0.3 is 5.97 Å². The number of ether oxygens (including phenoxy) is 1. The third kappa shape index (κ3) is 3.75. The minimum Gasteiger partial charge on any atom is -0.467 e. The topological polar surface area (TPSA) is 55.4 Å².